The number of hydrogen-bond acceptors (Lipinski definition) is 6. The van der Waals surface area contributed by atoms with Crippen LogP contribution in [0, 0.1) is 6.92 Å². The second-order valence-electron chi connectivity index (χ2n) is 5.69. The van der Waals surface area contributed by atoms with Crippen molar-refractivity contribution < 1.29 is 14.3 Å². The molecule has 0 saturated carbocycles. The maximum atomic E-state index is 12.2. The molecule has 128 valence electrons. The van der Waals surface area contributed by atoms with Crippen LogP contribution in [-0.4, -0.2) is 22.5 Å². The SMILES string of the molecule is CCOC(=O)c1c(C)nc(N)nc1COc1ccccc1C(C)C. The van der Waals surface area contributed by atoms with Gasteiger partial charge in [0.15, 0.2) is 0 Å². The molecular weight excluding hydrogens is 306 g/mol. The molecule has 0 unspecified atom stereocenters. The Morgan fingerprint density at radius 1 is 1.25 bits per heavy atom. The number of para-hydroxylation sites is 1. The summed E-state index contributed by atoms with van der Waals surface area (Å²) in [6.45, 7) is 8.04. The van der Waals surface area contributed by atoms with Crippen molar-refractivity contribution in [3.05, 3.63) is 46.8 Å². The van der Waals surface area contributed by atoms with Crippen molar-refractivity contribution in [1.29, 1.82) is 0 Å². The van der Waals surface area contributed by atoms with E-state index in [9.17, 15) is 4.79 Å². The summed E-state index contributed by atoms with van der Waals surface area (Å²) in [6.07, 6.45) is 0. The van der Waals surface area contributed by atoms with E-state index in [2.05, 4.69) is 23.8 Å². The summed E-state index contributed by atoms with van der Waals surface area (Å²) < 4.78 is 11.0. The molecule has 2 aromatic rings. The van der Waals surface area contributed by atoms with Gasteiger partial charge in [0.2, 0.25) is 5.95 Å². The molecular formula is C18H23N3O3. The molecule has 0 aliphatic carbocycles. The number of ether oxygens (including phenoxy) is 2. The molecule has 1 aromatic heterocycles. The molecule has 2 N–H and O–H groups in total. The summed E-state index contributed by atoms with van der Waals surface area (Å²) in [5, 5.41) is 0. The number of carbonyl (C=O) groups is 1. The van der Waals surface area contributed by atoms with E-state index in [1.165, 1.54) is 0 Å². The van der Waals surface area contributed by atoms with Crippen LogP contribution in [0.3, 0.4) is 0 Å². The third kappa shape index (κ3) is 4.01. The molecule has 24 heavy (non-hydrogen) atoms. The van der Waals surface area contributed by atoms with Gasteiger partial charge in [-0.3, -0.25) is 0 Å². The highest BCUT2D eigenvalue weighted by atomic mass is 16.5. The van der Waals surface area contributed by atoms with E-state index in [0.717, 1.165) is 11.3 Å². The number of aryl methyl sites for hydroxylation is 1. The predicted molar refractivity (Wildman–Crippen MR) is 92.0 cm³/mol. The van der Waals surface area contributed by atoms with Crippen LogP contribution in [0.15, 0.2) is 24.3 Å². The molecule has 0 bridgehead atoms. The smallest absolute Gasteiger partial charge is 0.341 e. The molecule has 0 aliphatic heterocycles. The van der Waals surface area contributed by atoms with Crippen molar-refractivity contribution in [2.24, 2.45) is 0 Å². The van der Waals surface area contributed by atoms with E-state index < -0.39 is 5.97 Å². The number of esters is 1. The summed E-state index contributed by atoms with van der Waals surface area (Å²) in [7, 11) is 0. The number of nitrogens with zero attached hydrogens (tertiary/aromatic N) is 2. The summed E-state index contributed by atoms with van der Waals surface area (Å²) in [4.78, 5) is 20.4. The first-order valence-corrected chi connectivity index (χ1v) is 7.95. The fraction of sp³-hybridized carbons (Fsp3) is 0.389. The summed E-state index contributed by atoms with van der Waals surface area (Å²) >= 11 is 0. The van der Waals surface area contributed by atoms with Crippen LogP contribution in [-0.2, 0) is 11.3 Å². The van der Waals surface area contributed by atoms with Crippen molar-refractivity contribution in [3.63, 3.8) is 0 Å². The Bertz CT molecular complexity index is 729. The van der Waals surface area contributed by atoms with Gasteiger partial charge >= 0.3 is 5.97 Å². The first-order chi connectivity index (χ1) is 11.4. The van der Waals surface area contributed by atoms with Gasteiger partial charge in [-0.25, -0.2) is 14.8 Å². The van der Waals surface area contributed by atoms with Crippen LogP contribution < -0.4 is 10.5 Å². The molecule has 0 saturated heterocycles. The first-order valence-electron chi connectivity index (χ1n) is 7.95. The summed E-state index contributed by atoms with van der Waals surface area (Å²) in [5.74, 6) is 0.724. The van der Waals surface area contributed by atoms with E-state index in [4.69, 9.17) is 15.2 Å². The van der Waals surface area contributed by atoms with Gasteiger partial charge in [-0.05, 0) is 31.4 Å². The lowest BCUT2D eigenvalue weighted by molar-refractivity contribution is 0.0521. The van der Waals surface area contributed by atoms with E-state index in [0.29, 0.717) is 22.9 Å². The minimum atomic E-state index is -0.467. The number of hydrogen-bond donors (Lipinski definition) is 1. The Morgan fingerprint density at radius 2 is 1.96 bits per heavy atom. The van der Waals surface area contributed by atoms with E-state index >= 15 is 0 Å². The molecule has 1 heterocycles. The van der Waals surface area contributed by atoms with Crippen molar-refractivity contribution in [3.8, 4) is 5.75 Å². The number of aromatic nitrogens is 2. The van der Waals surface area contributed by atoms with Crippen LogP contribution in [0.25, 0.3) is 0 Å². The number of benzene rings is 1. The highest BCUT2D eigenvalue weighted by molar-refractivity contribution is 5.91. The molecule has 6 nitrogen and oxygen atoms in total. The molecule has 0 amide bonds. The molecule has 2 rings (SSSR count). The number of nitrogens with two attached hydrogens (primary N) is 1. The maximum Gasteiger partial charge on any atom is 0.341 e. The van der Waals surface area contributed by atoms with Crippen molar-refractivity contribution >= 4 is 11.9 Å². The fourth-order valence-electron chi connectivity index (χ4n) is 2.46. The molecule has 1 aromatic carbocycles. The third-order valence-electron chi connectivity index (χ3n) is 3.57. The summed E-state index contributed by atoms with van der Waals surface area (Å²) in [6, 6.07) is 7.80. The van der Waals surface area contributed by atoms with Gasteiger partial charge in [-0.2, -0.15) is 0 Å². The minimum absolute atomic E-state index is 0.108. The number of carbonyl (C=O) groups excluding carboxylic acids is 1. The zero-order valence-corrected chi connectivity index (χ0v) is 14.5. The van der Waals surface area contributed by atoms with Crippen LogP contribution in [0.4, 0.5) is 5.95 Å². The lowest BCUT2D eigenvalue weighted by Crippen LogP contribution is -2.16. The topological polar surface area (TPSA) is 87.3 Å². The highest BCUT2D eigenvalue weighted by Gasteiger charge is 2.20. The number of anilines is 1. The van der Waals surface area contributed by atoms with E-state index in [1.54, 1.807) is 13.8 Å². The molecule has 0 atom stereocenters. The van der Waals surface area contributed by atoms with E-state index in [1.807, 2.05) is 24.3 Å². The minimum Gasteiger partial charge on any atom is -0.487 e. The average molecular weight is 329 g/mol. The zero-order valence-electron chi connectivity index (χ0n) is 14.5. The van der Waals surface area contributed by atoms with E-state index in [-0.39, 0.29) is 19.2 Å². The predicted octanol–water partition coefficient (Wildman–Crippen LogP) is 3.25. The lowest BCUT2D eigenvalue weighted by atomic mass is 10.0. The van der Waals surface area contributed by atoms with Gasteiger partial charge in [-0.15, -0.1) is 0 Å². The monoisotopic (exact) mass is 329 g/mol. The average Bonchev–Trinajstić information content (AvgIpc) is 2.52. The largest absolute Gasteiger partial charge is 0.487 e. The summed E-state index contributed by atoms with van der Waals surface area (Å²) in [5.41, 5.74) is 8.04. The van der Waals surface area contributed by atoms with Gasteiger partial charge in [-0.1, -0.05) is 32.0 Å². The molecule has 0 fully saturated rings. The highest BCUT2D eigenvalue weighted by Crippen LogP contribution is 2.27. The van der Waals surface area contributed by atoms with Crippen LogP contribution in [0.5, 0.6) is 5.75 Å². The van der Waals surface area contributed by atoms with Gasteiger partial charge in [0.05, 0.1) is 18.0 Å². The van der Waals surface area contributed by atoms with Crippen LogP contribution in [0.1, 0.15) is 54.0 Å². The van der Waals surface area contributed by atoms with Gasteiger partial charge in [0.1, 0.15) is 17.9 Å². The van der Waals surface area contributed by atoms with Crippen molar-refractivity contribution in [1.82, 2.24) is 9.97 Å². The van der Waals surface area contributed by atoms with Crippen molar-refractivity contribution in [2.45, 2.75) is 40.2 Å². The second-order valence-corrected chi connectivity index (χ2v) is 5.69. The second kappa shape index (κ2) is 7.77. The lowest BCUT2D eigenvalue weighted by Gasteiger charge is -2.15. The maximum absolute atomic E-state index is 12.2. The Kier molecular flexibility index (Phi) is 5.73. The fourth-order valence-corrected chi connectivity index (χ4v) is 2.46. The quantitative estimate of drug-likeness (QED) is 0.819. The molecule has 0 radical (unpaired) electrons. The van der Waals surface area contributed by atoms with Crippen LogP contribution >= 0.6 is 0 Å². The Hall–Kier alpha value is -2.63. The van der Waals surface area contributed by atoms with Crippen LogP contribution in [0.2, 0.25) is 0 Å². The molecule has 0 aliphatic rings. The Morgan fingerprint density at radius 3 is 2.62 bits per heavy atom. The van der Waals surface area contributed by atoms with Gasteiger partial charge in [0, 0.05) is 0 Å². The normalized spacial score (nSPS) is 10.7. The zero-order chi connectivity index (χ0) is 17.7. The van der Waals surface area contributed by atoms with Gasteiger partial charge in [0.25, 0.3) is 0 Å². The first kappa shape index (κ1) is 17.7. The standard InChI is InChI=1S/C18H23N3O3/c1-5-23-17(22)16-12(4)20-18(19)21-14(16)10-24-15-9-7-6-8-13(15)11(2)3/h6-9,11H,5,10H2,1-4H3,(H2,19,20,21). The Labute approximate surface area is 142 Å². The molecule has 6 heteroatoms. The van der Waals surface area contributed by atoms with Crippen molar-refractivity contribution in [2.75, 3.05) is 12.3 Å². The van der Waals surface area contributed by atoms with Gasteiger partial charge < -0.3 is 15.2 Å². The number of nitrogen functional groups attached to an aromatic ring is 1. The number of rotatable bonds is 6. The third-order valence-corrected chi connectivity index (χ3v) is 3.57. The molecule has 0 spiro atoms. The Balaban J connectivity index is 2.31.